The molecule has 0 aromatic heterocycles. The molecule has 0 aliphatic carbocycles. The van der Waals surface area contributed by atoms with Gasteiger partial charge >= 0.3 is 11.8 Å². The van der Waals surface area contributed by atoms with Gasteiger partial charge in [-0.1, -0.05) is 29.8 Å². The molecular weight excluding hydrogens is 458 g/mol. The number of hydrogen-bond acceptors (Lipinski definition) is 6. The maximum atomic E-state index is 13.0. The van der Waals surface area contributed by atoms with Gasteiger partial charge in [0.05, 0.1) is 25.2 Å². The zero-order valence-corrected chi connectivity index (χ0v) is 19.0. The first-order valence-corrected chi connectivity index (χ1v) is 11.7. The predicted octanol–water partition coefficient (Wildman–Crippen LogP) is 1.52. The molecule has 0 radical (unpaired) electrons. The Morgan fingerprint density at radius 2 is 1.81 bits per heavy atom. The number of nitrogens with zero attached hydrogens (tertiary/aromatic N) is 1. The van der Waals surface area contributed by atoms with Crippen LogP contribution in [0.3, 0.4) is 0 Å². The van der Waals surface area contributed by atoms with E-state index in [0.29, 0.717) is 29.4 Å². The molecule has 172 valence electrons. The number of carbonyl (C=O) groups excluding carboxylic acids is 2. The van der Waals surface area contributed by atoms with Crippen molar-refractivity contribution in [3.63, 3.8) is 0 Å². The van der Waals surface area contributed by atoms with Crippen LogP contribution >= 0.6 is 11.6 Å². The Hall–Kier alpha value is -2.66. The molecule has 9 nitrogen and oxygen atoms in total. The number of ether oxygens (including phenoxy) is 2. The third kappa shape index (κ3) is 5.77. The van der Waals surface area contributed by atoms with Crippen molar-refractivity contribution >= 4 is 33.4 Å². The highest BCUT2D eigenvalue weighted by Crippen LogP contribution is 2.23. The number of amides is 2. The van der Waals surface area contributed by atoms with Crippen LogP contribution in [0.1, 0.15) is 12.0 Å². The van der Waals surface area contributed by atoms with Crippen molar-refractivity contribution in [2.75, 3.05) is 26.8 Å². The van der Waals surface area contributed by atoms with Crippen molar-refractivity contribution in [1.82, 2.24) is 14.9 Å². The van der Waals surface area contributed by atoms with Crippen molar-refractivity contribution in [3.05, 3.63) is 59.1 Å². The third-order valence-electron chi connectivity index (χ3n) is 4.85. The van der Waals surface area contributed by atoms with Crippen molar-refractivity contribution in [2.24, 2.45) is 0 Å². The van der Waals surface area contributed by atoms with E-state index < -0.39 is 28.1 Å². The number of benzene rings is 2. The largest absolute Gasteiger partial charge is 0.496 e. The minimum absolute atomic E-state index is 0.0678. The fourth-order valence-electron chi connectivity index (χ4n) is 3.21. The SMILES string of the molecule is COc1ccccc1CNC(=O)C(=O)NCC1OCCCN1S(=O)(=O)c1ccc(Cl)cc1. The fraction of sp³-hybridized carbons (Fsp3) is 0.333. The second-order valence-electron chi connectivity index (χ2n) is 6.95. The Morgan fingerprint density at radius 3 is 2.53 bits per heavy atom. The van der Waals surface area contributed by atoms with E-state index in [-0.39, 0.29) is 24.5 Å². The summed E-state index contributed by atoms with van der Waals surface area (Å²) in [5, 5.41) is 5.38. The Bertz CT molecular complexity index is 1060. The van der Waals surface area contributed by atoms with Gasteiger partial charge in [-0.3, -0.25) is 9.59 Å². The Morgan fingerprint density at radius 1 is 1.12 bits per heavy atom. The van der Waals surface area contributed by atoms with Crippen LogP contribution in [0.25, 0.3) is 0 Å². The summed E-state index contributed by atoms with van der Waals surface area (Å²) in [5.41, 5.74) is 0.715. The summed E-state index contributed by atoms with van der Waals surface area (Å²) in [6.45, 7) is 0.500. The number of rotatable bonds is 7. The smallest absolute Gasteiger partial charge is 0.309 e. The number of sulfonamides is 1. The van der Waals surface area contributed by atoms with E-state index in [0.717, 1.165) is 0 Å². The molecular formula is C21H24ClN3O6S. The van der Waals surface area contributed by atoms with Gasteiger partial charge in [0.1, 0.15) is 12.0 Å². The monoisotopic (exact) mass is 481 g/mol. The Kier molecular flexibility index (Phi) is 8.08. The molecule has 1 unspecified atom stereocenters. The molecule has 0 bridgehead atoms. The first-order chi connectivity index (χ1) is 15.3. The molecule has 2 N–H and O–H groups in total. The maximum Gasteiger partial charge on any atom is 0.309 e. The molecule has 0 saturated carbocycles. The van der Waals surface area contributed by atoms with Crippen LogP contribution < -0.4 is 15.4 Å². The van der Waals surface area contributed by atoms with Crippen molar-refractivity contribution < 1.29 is 27.5 Å². The lowest BCUT2D eigenvalue weighted by Crippen LogP contribution is -2.53. The molecule has 1 heterocycles. The van der Waals surface area contributed by atoms with Crippen LogP contribution in [0, 0.1) is 0 Å². The molecule has 0 spiro atoms. The number of halogens is 1. The summed E-state index contributed by atoms with van der Waals surface area (Å²) in [7, 11) is -2.35. The van der Waals surface area contributed by atoms with Crippen LogP contribution in [0.2, 0.25) is 5.02 Å². The van der Waals surface area contributed by atoms with E-state index in [1.807, 2.05) is 0 Å². The van der Waals surface area contributed by atoms with E-state index in [1.165, 1.54) is 35.7 Å². The maximum absolute atomic E-state index is 13.0. The molecule has 1 saturated heterocycles. The van der Waals surface area contributed by atoms with Crippen molar-refractivity contribution in [1.29, 1.82) is 0 Å². The van der Waals surface area contributed by atoms with Gasteiger partial charge in [-0.2, -0.15) is 4.31 Å². The van der Waals surface area contributed by atoms with Crippen LogP contribution in [-0.2, 0) is 30.9 Å². The van der Waals surface area contributed by atoms with E-state index in [1.54, 1.807) is 24.3 Å². The van der Waals surface area contributed by atoms with Crippen molar-refractivity contribution in [3.8, 4) is 5.75 Å². The molecule has 1 aliphatic heterocycles. The standard InChI is InChI=1S/C21H24ClN3O6S/c1-30-18-6-3-2-5-15(18)13-23-20(26)21(27)24-14-19-25(11-4-12-31-19)32(28,29)17-9-7-16(22)8-10-17/h2-3,5-10,19H,4,11-14H2,1H3,(H,23,26)(H,24,27). The summed E-state index contributed by atoms with van der Waals surface area (Å²) < 4.78 is 38.0. The lowest BCUT2D eigenvalue weighted by molar-refractivity contribution is -0.140. The lowest BCUT2D eigenvalue weighted by atomic mass is 10.2. The summed E-state index contributed by atoms with van der Waals surface area (Å²) >= 11 is 5.85. The minimum Gasteiger partial charge on any atom is -0.496 e. The van der Waals surface area contributed by atoms with Gasteiger partial charge in [-0.25, -0.2) is 8.42 Å². The molecule has 2 aromatic rings. The van der Waals surface area contributed by atoms with Gasteiger partial charge in [0.2, 0.25) is 10.0 Å². The van der Waals surface area contributed by atoms with Gasteiger partial charge in [-0.15, -0.1) is 0 Å². The summed E-state index contributed by atoms with van der Waals surface area (Å²) in [6.07, 6.45) is -0.424. The summed E-state index contributed by atoms with van der Waals surface area (Å²) in [4.78, 5) is 24.5. The Labute approximate surface area is 191 Å². The molecule has 1 atom stereocenters. The van der Waals surface area contributed by atoms with Gasteiger partial charge < -0.3 is 20.1 Å². The number of hydrogen-bond donors (Lipinski definition) is 2. The second-order valence-corrected chi connectivity index (χ2v) is 9.28. The number of carbonyl (C=O) groups is 2. The van der Waals surface area contributed by atoms with E-state index >= 15 is 0 Å². The first kappa shape index (κ1) is 24.0. The van der Waals surface area contributed by atoms with Crippen LogP contribution in [-0.4, -0.2) is 57.6 Å². The zero-order chi connectivity index (χ0) is 23.1. The van der Waals surface area contributed by atoms with Gasteiger partial charge in [0.25, 0.3) is 0 Å². The predicted molar refractivity (Wildman–Crippen MR) is 118 cm³/mol. The number of nitrogens with one attached hydrogen (secondary N) is 2. The molecule has 2 aromatic carbocycles. The van der Waals surface area contributed by atoms with Gasteiger partial charge in [-0.05, 0) is 36.8 Å². The average molecular weight is 482 g/mol. The van der Waals surface area contributed by atoms with E-state index in [9.17, 15) is 18.0 Å². The van der Waals surface area contributed by atoms with E-state index in [4.69, 9.17) is 21.1 Å². The van der Waals surface area contributed by atoms with Crippen LogP contribution in [0.4, 0.5) is 0 Å². The molecule has 2 amide bonds. The second kappa shape index (κ2) is 10.8. The van der Waals surface area contributed by atoms with Crippen LogP contribution in [0.15, 0.2) is 53.4 Å². The molecule has 3 rings (SSSR count). The first-order valence-electron chi connectivity index (χ1n) is 9.90. The zero-order valence-electron chi connectivity index (χ0n) is 17.4. The number of para-hydroxylation sites is 1. The molecule has 1 aliphatic rings. The molecule has 1 fully saturated rings. The van der Waals surface area contributed by atoms with Crippen molar-refractivity contribution in [2.45, 2.75) is 24.1 Å². The topological polar surface area (TPSA) is 114 Å². The third-order valence-corrected chi connectivity index (χ3v) is 7.00. The quantitative estimate of drug-likeness (QED) is 0.579. The molecule has 11 heteroatoms. The average Bonchev–Trinajstić information content (AvgIpc) is 2.81. The van der Waals surface area contributed by atoms with Crippen LogP contribution in [0.5, 0.6) is 5.75 Å². The van der Waals surface area contributed by atoms with Gasteiger partial charge in [0, 0.05) is 23.7 Å². The van der Waals surface area contributed by atoms with Gasteiger partial charge in [0.15, 0.2) is 0 Å². The van der Waals surface area contributed by atoms with E-state index in [2.05, 4.69) is 10.6 Å². The Balaban J connectivity index is 1.59. The summed E-state index contributed by atoms with van der Waals surface area (Å²) in [6, 6.07) is 12.9. The summed E-state index contributed by atoms with van der Waals surface area (Å²) in [5.74, 6) is -1.15. The lowest BCUT2D eigenvalue weighted by Gasteiger charge is -2.34. The highest BCUT2D eigenvalue weighted by molar-refractivity contribution is 7.89. The highest BCUT2D eigenvalue weighted by Gasteiger charge is 2.34. The minimum atomic E-state index is -3.87. The molecule has 32 heavy (non-hydrogen) atoms. The number of methoxy groups -OCH3 is 1. The normalized spacial score (nSPS) is 16.9. The fourth-order valence-corrected chi connectivity index (χ4v) is 4.90. The highest BCUT2D eigenvalue weighted by atomic mass is 35.5.